The predicted molar refractivity (Wildman–Crippen MR) is 124 cm³/mol. The third kappa shape index (κ3) is 4.72. The summed E-state index contributed by atoms with van der Waals surface area (Å²) < 4.78 is 0. The topological polar surface area (TPSA) is 27.0 Å². The van der Waals surface area contributed by atoms with E-state index in [1.54, 1.807) is 6.08 Å². The van der Waals surface area contributed by atoms with Crippen molar-refractivity contribution in [2.75, 3.05) is 4.90 Å². The van der Waals surface area contributed by atoms with Gasteiger partial charge >= 0.3 is 0 Å². The number of benzene rings is 2. The van der Waals surface area contributed by atoms with Crippen molar-refractivity contribution in [3.05, 3.63) is 127 Å². The summed E-state index contributed by atoms with van der Waals surface area (Å²) >= 11 is 0. The SMILES string of the molecule is C=C/C=C\C=CC(C)c1ccc(N2/C=C\C=C/C(=C)c3cc(C#N)ccc32)cc1. The molecule has 0 aliphatic carbocycles. The molecule has 1 unspecified atom stereocenters. The molecule has 0 N–H and O–H groups in total. The lowest BCUT2D eigenvalue weighted by molar-refractivity contribution is 0.967. The maximum atomic E-state index is 9.27. The predicted octanol–water partition coefficient (Wildman–Crippen LogP) is 7.19. The Balaban J connectivity index is 1.94. The second kappa shape index (κ2) is 9.39. The summed E-state index contributed by atoms with van der Waals surface area (Å²) in [5.74, 6) is 0.314. The van der Waals surface area contributed by atoms with Crippen LogP contribution in [0.15, 0.2) is 110 Å². The van der Waals surface area contributed by atoms with Crippen LogP contribution in [0, 0.1) is 11.3 Å². The zero-order valence-electron chi connectivity index (χ0n) is 16.6. The number of rotatable bonds is 5. The maximum Gasteiger partial charge on any atom is 0.0991 e. The summed E-state index contributed by atoms with van der Waals surface area (Å²) in [6.07, 6.45) is 17.8. The van der Waals surface area contributed by atoms with E-state index < -0.39 is 0 Å². The highest BCUT2D eigenvalue weighted by molar-refractivity contribution is 5.86. The maximum absolute atomic E-state index is 9.27. The van der Waals surface area contributed by atoms with Gasteiger partial charge in [0.05, 0.1) is 17.3 Å². The fourth-order valence-electron chi connectivity index (χ4n) is 3.20. The van der Waals surface area contributed by atoms with Crippen molar-refractivity contribution in [1.29, 1.82) is 5.26 Å². The Kier molecular flexibility index (Phi) is 6.45. The van der Waals surface area contributed by atoms with E-state index in [0.29, 0.717) is 11.5 Å². The second-order valence-electron chi connectivity index (χ2n) is 6.83. The summed E-state index contributed by atoms with van der Waals surface area (Å²) in [6, 6.07) is 16.5. The van der Waals surface area contributed by atoms with Crippen LogP contribution in [0.1, 0.15) is 29.5 Å². The number of fused-ring (bicyclic) bond motifs is 1. The second-order valence-corrected chi connectivity index (χ2v) is 6.83. The lowest BCUT2D eigenvalue weighted by atomic mass is 9.98. The molecule has 0 saturated heterocycles. The lowest BCUT2D eigenvalue weighted by Gasteiger charge is -2.25. The molecule has 1 aliphatic heterocycles. The van der Waals surface area contributed by atoms with Gasteiger partial charge in [-0.25, -0.2) is 0 Å². The van der Waals surface area contributed by atoms with E-state index in [1.165, 1.54) is 5.56 Å². The molecule has 1 heterocycles. The first-order valence-electron chi connectivity index (χ1n) is 9.57. The van der Waals surface area contributed by atoms with Gasteiger partial charge in [0, 0.05) is 17.5 Å². The van der Waals surface area contributed by atoms with Gasteiger partial charge in [-0.3, -0.25) is 0 Å². The average molecular weight is 377 g/mol. The van der Waals surface area contributed by atoms with Crippen LogP contribution in [0.2, 0.25) is 0 Å². The van der Waals surface area contributed by atoms with Crippen molar-refractivity contribution < 1.29 is 0 Å². The fourth-order valence-corrected chi connectivity index (χ4v) is 3.20. The number of nitriles is 1. The van der Waals surface area contributed by atoms with E-state index >= 15 is 0 Å². The minimum Gasteiger partial charge on any atom is -0.317 e. The van der Waals surface area contributed by atoms with Crippen molar-refractivity contribution in [1.82, 2.24) is 0 Å². The van der Waals surface area contributed by atoms with Crippen LogP contribution in [0.4, 0.5) is 11.4 Å². The van der Waals surface area contributed by atoms with Gasteiger partial charge in [0.25, 0.3) is 0 Å². The first-order chi connectivity index (χ1) is 14.1. The van der Waals surface area contributed by atoms with Gasteiger partial charge in [-0.2, -0.15) is 5.26 Å². The third-order valence-corrected chi connectivity index (χ3v) is 4.83. The molecule has 2 aromatic carbocycles. The third-order valence-electron chi connectivity index (χ3n) is 4.83. The summed E-state index contributed by atoms with van der Waals surface area (Å²) in [5, 5.41) is 9.27. The van der Waals surface area contributed by atoms with Crippen LogP contribution in [0.5, 0.6) is 0 Å². The van der Waals surface area contributed by atoms with Crippen LogP contribution < -0.4 is 4.90 Å². The van der Waals surface area contributed by atoms with E-state index in [4.69, 9.17) is 0 Å². The van der Waals surface area contributed by atoms with Gasteiger partial charge < -0.3 is 4.90 Å². The quantitative estimate of drug-likeness (QED) is 0.516. The van der Waals surface area contributed by atoms with Gasteiger partial charge in [0.1, 0.15) is 0 Å². The monoisotopic (exact) mass is 376 g/mol. The van der Waals surface area contributed by atoms with Gasteiger partial charge in [-0.1, -0.05) is 74.7 Å². The van der Waals surface area contributed by atoms with Crippen LogP contribution in [-0.4, -0.2) is 0 Å². The summed E-state index contributed by atoms with van der Waals surface area (Å²) in [6.45, 7) is 10.0. The first kappa shape index (κ1) is 19.9. The highest BCUT2D eigenvalue weighted by atomic mass is 15.1. The molecular formula is C27H24N2. The smallest absolute Gasteiger partial charge is 0.0991 e. The van der Waals surface area contributed by atoms with Crippen molar-refractivity contribution in [3.8, 4) is 6.07 Å². The molecule has 0 fully saturated rings. The van der Waals surface area contributed by atoms with Gasteiger partial charge in [-0.15, -0.1) is 0 Å². The molecule has 2 nitrogen and oxygen atoms in total. The zero-order chi connectivity index (χ0) is 20.6. The molecule has 2 aromatic rings. The summed E-state index contributed by atoms with van der Waals surface area (Å²) in [7, 11) is 0. The number of allylic oxidation sites excluding steroid dienone is 9. The van der Waals surface area contributed by atoms with E-state index in [2.05, 4.69) is 61.4 Å². The van der Waals surface area contributed by atoms with E-state index in [1.807, 2.05) is 60.9 Å². The van der Waals surface area contributed by atoms with Gasteiger partial charge in [0.15, 0.2) is 0 Å². The van der Waals surface area contributed by atoms with Crippen molar-refractivity contribution in [3.63, 3.8) is 0 Å². The minimum atomic E-state index is 0.314. The van der Waals surface area contributed by atoms with Crippen LogP contribution >= 0.6 is 0 Å². The van der Waals surface area contributed by atoms with Crippen molar-refractivity contribution in [2.45, 2.75) is 12.8 Å². The first-order valence-corrected chi connectivity index (χ1v) is 9.57. The Morgan fingerprint density at radius 1 is 1.03 bits per heavy atom. The zero-order valence-corrected chi connectivity index (χ0v) is 16.6. The number of anilines is 2. The Labute approximate surface area is 173 Å². The minimum absolute atomic E-state index is 0.314. The molecule has 0 aromatic heterocycles. The highest BCUT2D eigenvalue weighted by Gasteiger charge is 2.15. The van der Waals surface area contributed by atoms with E-state index in [0.717, 1.165) is 22.5 Å². The van der Waals surface area contributed by atoms with E-state index in [9.17, 15) is 5.26 Å². The Bertz CT molecular complexity index is 1060. The fraction of sp³-hybridized carbons (Fsp3) is 0.0741. The number of hydrogen-bond acceptors (Lipinski definition) is 2. The average Bonchev–Trinajstić information content (AvgIpc) is 2.75. The molecule has 3 rings (SSSR count). The Hall–Kier alpha value is -3.83. The highest BCUT2D eigenvalue weighted by Crippen LogP contribution is 2.35. The Morgan fingerprint density at radius 3 is 2.55 bits per heavy atom. The van der Waals surface area contributed by atoms with Gasteiger partial charge in [0.2, 0.25) is 0 Å². The molecule has 1 aliphatic rings. The molecule has 0 amide bonds. The normalized spacial score (nSPS) is 16.7. The lowest BCUT2D eigenvalue weighted by Crippen LogP contribution is -2.11. The largest absolute Gasteiger partial charge is 0.317 e. The molecular weight excluding hydrogens is 352 g/mol. The number of hydrogen-bond donors (Lipinski definition) is 0. The van der Waals surface area contributed by atoms with Crippen LogP contribution in [0.3, 0.4) is 0 Å². The van der Waals surface area contributed by atoms with Crippen LogP contribution in [0.25, 0.3) is 5.57 Å². The standard InChI is InChI=1S/C27H24N2/c1-4-5-6-7-10-21(2)24-13-15-25(16-14-24)29-18-9-8-11-22(3)26-19-23(20-28)12-17-27(26)29/h4-19,21H,1,3H2,2H3/b6-5-,10-7?,11-8-,18-9-. The molecule has 142 valence electrons. The van der Waals surface area contributed by atoms with Gasteiger partial charge in [-0.05, 0) is 53.5 Å². The number of nitrogens with zero attached hydrogens (tertiary/aromatic N) is 2. The molecule has 0 radical (unpaired) electrons. The molecule has 2 heteroatoms. The van der Waals surface area contributed by atoms with Crippen molar-refractivity contribution >= 4 is 16.9 Å². The van der Waals surface area contributed by atoms with Crippen LogP contribution in [-0.2, 0) is 0 Å². The summed E-state index contributed by atoms with van der Waals surface area (Å²) in [5.41, 5.74) is 5.78. The van der Waals surface area contributed by atoms with E-state index in [-0.39, 0.29) is 0 Å². The molecule has 0 saturated carbocycles. The van der Waals surface area contributed by atoms with Crippen molar-refractivity contribution in [2.24, 2.45) is 0 Å². The molecule has 1 atom stereocenters. The Morgan fingerprint density at radius 2 is 1.83 bits per heavy atom. The summed E-state index contributed by atoms with van der Waals surface area (Å²) in [4.78, 5) is 2.13. The molecule has 0 bridgehead atoms. The molecule has 29 heavy (non-hydrogen) atoms. The molecule has 0 spiro atoms.